The Morgan fingerprint density at radius 1 is 1.38 bits per heavy atom. The van der Waals surface area contributed by atoms with Crippen LogP contribution in [0.3, 0.4) is 0 Å². The van der Waals surface area contributed by atoms with E-state index >= 15 is 0 Å². The summed E-state index contributed by atoms with van der Waals surface area (Å²) >= 11 is 1.26. The van der Waals surface area contributed by atoms with Crippen LogP contribution in [0.4, 0.5) is 0 Å². The van der Waals surface area contributed by atoms with E-state index in [4.69, 9.17) is 10.5 Å². The van der Waals surface area contributed by atoms with Crippen molar-refractivity contribution < 1.29 is 14.3 Å². The molecule has 1 aliphatic rings. The van der Waals surface area contributed by atoms with Crippen molar-refractivity contribution >= 4 is 33.4 Å². The fraction of sp³-hybridized carbons (Fsp3) is 0.421. The zero-order valence-electron chi connectivity index (χ0n) is 16.3. The van der Waals surface area contributed by atoms with Crippen LogP contribution >= 0.6 is 11.3 Å². The van der Waals surface area contributed by atoms with E-state index in [0.717, 1.165) is 21.6 Å². The fourth-order valence-electron chi connectivity index (χ4n) is 3.64. The minimum absolute atomic E-state index is 0.0177. The molecule has 0 aromatic carbocycles. The second-order valence-electron chi connectivity index (χ2n) is 6.94. The van der Waals surface area contributed by atoms with Gasteiger partial charge in [-0.2, -0.15) is 5.10 Å². The molecule has 2 amide bonds. The number of amides is 2. The summed E-state index contributed by atoms with van der Waals surface area (Å²) in [4.78, 5) is 36.3. The average Bonchev–Trinajstić information content (AvgIpc) is 3.25. The maximum Gasteiger partial charge on any atom is 0.259 e. The molecule has 0 bridgehead atoms. The molecule has 1 aliphatic heterocycles. The third kappa shape index (κ3) is 3.85. The molecule has 0 unspecified atom stereocenters. The van der Waals surface area contributed by atoms with Crippen molar-refractivity contribution in [2.24, 2.45) is 5.73 Å². The number of ether oxygens (including phenoxy) is 1. The quantitative estimate of drug-likeness (QED) is 0.678. The van der Waals surface area contributed by atoms with Crippen LogP contribution in [0.25, 0.3) is 10.2 Å². The molecule has 29 heavy (non-hydrogen) atoms. The Kier molecular flexibility index (Phi) is 5.29. The van der Waals surface area contributed by atoms with Gasteiger partial charge in [-0.15, -0.1) is 11.3 Å². The summed E-state index contributed by atoms with van der Waals surface area (Å²) in [6.45, 7) is 5.45. The lowest BCUT2D eigenvalue weighted by Crippen LogP contribution is -2.42. The highest BCUT2D eigenvalue weighted by Gasteiger charge is 2.31. The second-order valence-corrected chi connectivity index (χ2v) is 7.94. The lowest BCUT2D eigenvalue weighted by Gasteiger charge is -2.33. The zero-order valence-corrected chi connectivity index (χ0v) is 17.1. The number of hydrogen-bond acceptors (Lipinski definition) is 7. The maximum atomic E-state index is 12.8. The standard InChI is InChI=1S/C19H22N6O3S/c1-11-22-12(2)25(23-11)7-5-15(26)24-8-9-28-14(10-24)16-13-4-3-6-21-19(13)29-17(16)18(20)27/h3-4,6,14H,5,7-10H2,1-2H3,(H2,20,27)/t14-/m1/s1. The van der Waals surface area contributed by atoms with Crippen LogP contribution in [-0.2, 0) is 16.1 Å². The minimum atomic E-state index is -0.507. The number of nitrogens with two attached hydrogens (primary N) is 1. The molecule has 0 radical (unpaired) electrons. The number of morpholine rings is 1. The molecule has 9 nitrogen and oxygen atoms in total. The minimum Gasteiger partial charge on any atom is -0.370 e. The predicted molar refractivity (Wildman–Crippen MR) is 108 cm³/mol. The van der Waals surface area contributed by atoms with E-state index in [1.807, 2.05) is 26.0 Å². The number of nitrogens with zero attached hydrogens (tertiary/aromatic N) is 5. The number of carbonyl (C=O) groups excluding carboxylic acids is 2. The van der Waals surface area contributed by atoms with Crippen molar-refractivity contribution in [2.45, 2.75) is 32.9 Å². The lowest BCUT2D eigenvalue weighted by atomic mass is 10.0. The Balaban J connectivity index is 1.52. The van der Waals surface area contributed by atoms with Crippen molar-refractivity contribution in [1.29, 1.82) is 0 Å². The zero-order chi connectivity index (χ0) is 20.5. The largest absolute Gasteiger partial charge is 0.370 e. The highest BCUT2D eigenvalue weighted by atomic mass is 32.1. The topological polar surface area (TPSA) is 116 Å². The van der Waals surface area contributed by atoms with Gasteiger partial charge in [-0.25, -0.2) is 14.6 Å². The third-order valence-corrected chi connectivity index (χ3v) is 6.11. The molecule has 3 aromatic heterocycles. The van der Waals surface area contributed by atoms with Gasteiger partial charge >= 0.3 is 0 Å². The number of thiophene rings is 1. The van der Waals surface area contributed by atoms with Crippen molar-refractivity contribution in [1.82, 2.24) is 24.6 Å². The molecule has 152 valence electrons. The van der Waals surface area contributed by atoms with E-state index in [-0.39, 0.29) is 5.91 Å². The Labute approximate surface area is 171 Å². The number of rotatable bonds is 5. The summed E-state index contributed by atoms with van der Waals surface area (Å²) in [5.74, 6) is 0.994. The second kappa shape index (κ2) is 7.88. The summed E-state index contributed by atoms with van der Waals surface area (Å²) in [5, 5.41) is 5.15. The molecule has 2 N–H and O–H groups in total. The molecule has 4 rings (SSSR count). The van der Waals surface area contributed by atoms with Gasteiger partial charge in [0.05, 0.1) is 19.7 Å². The van der Waals surface area contributed by atoms with Gasteiger partial charge in [0.1, 0.15) is 27.5 Å². The van der Waals surface area contributed by atoms with Crippen molar-refractivity contribution in [3.05, 3.63) is 40.4 Å². The van der Waals surface area contributed by atoms with Crippen LogP contribution in [0.2, 0.25) is 0 Å². The summed E-state index contributed by atoms with van der Waals surface area (Å²) in [6, 6.07) is 3.72. The molecular formula is C19H22N6O3S. The fourth-order valence-corrected chi connectivity index (χ4v) is 4.68. The van der Waals surface area contributed by atoms with Gasteiger partial charge in [-0.05, 0) is 19.9 Å². The summed E-state index contributed by atoms with van der Waals surface area (Å²) in [5.41, 5.74) is 6.33. The number of carbonyl (C=O) groups is 2. The smallest absolute Gasteiger partial charge is 0.259 e. The molecule has 0 spiro atoms. The first-order chi connectivity index (χ1) is 13.9. The van der Waals surface area contributed by atoms with Crippen molar-refractivity contribution in [2.75, 3.05) is 19.7 Å². The average molecular weight is 414 g/mol. The van der Waals surface area contributed by atoms with E-state index in [2.05, 4.69) is 15.1 Å². The molecule has 1 fully saturated rings. The number of fused-ring (bicyclic) bond motifs is 1. The van der Waals surface area contributed by atoms with Gasteiger partial charge in [0.2, 0.25) is 5.91 Å². The summed E-state index contributed by atoms with van der Waals surface area (Å²) < 4.78 is 7.68. The van der Waals surface area contributed by atoms with Gasteiger partial charge in [0.25, 0.3) is 5.91 Å². The Morgan fingerprint density at radius 2 is 2.21 bits per heavy atom. The highest BCUT2D eigenvalue weighted by molar-refractivity contribution is 7.20. The van der Waals surface area contributed by atoms with Gasteiger partial charge < -0.3 is 15.4 Å². The monoisotopic (exact) mass is 414 g/mol. The number of aryl methyl sites for hydroxylation is 3. The number of primary amides is 1. The van der Waals surface area contributed by atoms with Crippen LogP contribution in [-0.4, -0.2) is 56.2 Å². The molecular weight excluding hydrogens is 392 g/mol. The van der Waals surface area contributed by atoms with Gasteiger partial charge in [-0.1, -0.05) is 6.07 Å². The maximum absolute atomic E-state index is 12.8. The van der Waals surface area contributed by atoms with Gasteiger partial charge in [-0.3, -0.25) is 9.59 Å². The van der Waals surface area contributed by atoms with E-state index in [1.165, 1.54) is 11.3 Å². The van der Waals surface area contributed by atoms with Crippen LogP contribution in [0.15, 0.2) is 18.3 Å². The van der Waals surface area contributed by atoms with Gasteiger partial charge in [0.15, 0.2) is 0 Å². The normalized spacial score (nSPS) is 17.0. The predicted octanol–water partition coefficient (Wildman–Crippen LogP) is 1.59. The van der Waals surface area contributed by atoms with Crippen LogP contribution in [0.5, 0.6) is 0 Å². The Bertz CT molecular complexity index is 1080. The van der Waals surface area contributed by atoms with Crippen LogP contribution < -0.4 is 5.73 Å². The highest BCUT2D eigenvalue weighted by Crippen LogP contribution is 2.37. The molecule has 1 saturated heterocycles. The number of hydrogen-bond donors (Lipinski definition) is 1. The molecule has 10 heteroatoms. The van der Waals surface area contributed by atoms with E-state index in [0.29, 0.717) is 43.4 Å². The lowest BCUT2D eigenvalue weighted by molar-refractivity contribution is -0.139. The Morgan fingerprint density at radius 3 is 2.93 bits per heavy atom. The molecule has 0 saturated carbocycles. The first-order valence-corrected chi connectivity index (χ1v) is 10.2. The van der Waals surface area contributed by atoms with E-state index < -0.39 is 12.0 Å². The van der Waals surface area contributed by atoms with Gasteiger partial charge in [0, 0.05) is 30.1 Å². The summed E-state index contributed by atoms with van der Waals surface area (Å²) in [6.07, 6.45) is 1.59. The van der Waals surface area contributed by atoms with Crippen molar-refractivity contribution in [3.63, 3.8) is 0 Å². The van der Waals surface area contributed by atoms with E-state index in [1.54, 1.807) is 15.8 Å². The molecule has 0 aliphatic carbocycles. The third-order valence-electron chi connectivity index (χ3n) is 4.97. The Hall–Kier alpha value is -2.85. The van der Waals surface area contributed by atoms with Crippen LogP contribution in [0, 0.1) is 13.8 Å². The molecule has 3 aromatic rings. The first-order valence-electron chi connectivity index (χ1n) is 9.38. The SMILES string of the molecule is Cc1nc(C)n(CCC(=O)N2CCO[C@@H](c3c(C(N)=O)sc4ncccc34)C2)n1. The number of pyridine rings is 1. The molecule has 4 heterocycles. The van der Waals surface area contributed by atoms with Crippen molar-refractivity contribution in [3.8, 4) is 0 Å². The molecule has 1 atom stereocenters. The van der Waals surface area contributed by atoms with E-state index in [9.17, 15) is 9.59 Å². The summed E-state index contributed by atoms with van der Waals surface area (Å²) in [7, 11) is 0. The van der Waals surface area contributed by atoms with Crippen LogP contribution in [0.1, 0.15) is 39.4 Å². The number of aromatic nitrogens is 4. The first kappa shape index (κ1) is 19.5.